The lowest BCUT2D eigenvalue weighted by atomic mass is 10.2. The van der Waals surface area contributed by atoms with Gasteiger partial charge in [0.05, 0.1) is 17.2 Å². The number of esters is 1. The lowest BCUT2D eigenvalue weighted by Crippen LogP contribution is -2.11. The third kappa shape index (κ3) is 4.51. The number of carbonyl (C=O) groups is 2. The molecule has 1 heterocycles. The summed E-state index contributed by atoms with van der Waals surface area (Å²) in [5, 5.41) is 3.65. The molecule has 0 radical (unpaired) electrons. The minimum absolute atomic E-state index is 0.130. The van der Waals surface area contributed by atoms with Gasteiger partial charge in [-0.1, -0.05) is 23.2 Å². The zero-order valence-corrected chi connectivity index (χ0v) is 15.8. The molecule has 0 aliphatic heterocycles. The number of benzene rings is 2. The van der Waals surface area contributed by atoms with Crippen molar-refractivity contribution >= 4 is 40.8 Å². The second kappa shape index (κ2) is 8.29. The van der Waals surface area contributed by atoms with Crippen molar-refractivity contribution in [3.8, 4) is 11.3 Å². The number of hydrogen-bond donors (Lipinski definition) is 1. The maximum absolute atomic E-state index is 12.4. The molecule has 0 unspecified atom stereocenters. The molecule has 1 amide bonds. The Morgan fingerprint density at radius 3 is 2.44 bits per heavy atom. The third-order valence-electron chi connectivity index (χ3n) is 3.68. The van der Waals surface area contributed by atoms with E-state index in [0.29, 0.717) is 39.2 Å². The van der Waals surface area contributed by atoms with Crippen molar-refractivity contribution in [2.75, 3.05) is 11.9 Å². The first-order valence-corrected chi connectivity index (χ1v) is 8.87. The second-order valence-electron chi connectivity index (χ2n) is 5.54. The van der Waals surface area contributed by atoms with Crippen LogP contribution in [0.4, 0.5) is 5.69 Å². The monoisotopic (exact) mass is 403 g/mol. The van der Waals surface area contributed by atoms with Crippen LogP contribution in [-0.2, 0) is 4.74 Å². The largest absolute Gasteiger partial charge is 0.462 e. The molecular formula is C20H15Cl2NO4. The topological polar surface area (TPSA) is 68.5 Å². The van der Waals surface area contributed by atoms with Crippen LogP contribution in [0.5, 0.6) is 0 Å². The summed E-state index contributed by atoms with van der Waals surface area (Å²) >= 11 is 12.1. The van der Waals surface area contributed by atoms with Crippen LogP contribution in [0.3, 0.4) is 0 Å². The minimum Gasteiger partial charge on any atom is -0.462 e. The number of rotatable bonds is 5. The molecule has 0 saturated heterocycles. The van der Waals surface area contributed by atoms with Crippen LogP contribution in [0.15, 0.2) is 59.0 Å². The van der Waals surface area contributed by atoms with Crippen LogP contribution < -0.4 is 5.32 Å². The van der Waals surface area contributed by atoms with Gasteiger partial charge in [0, 0.05) is 16.3 Å². The van der Waals surface area contributed by atoms with E-state index >= 15 is 0 Å². The van der Waals surface area contributed by atoms with Gasteiger partial charge in [0.15, 0.2) is 5.76 Å². The van der Waals surface area contributed by atoms with E-state index < -0.39 is 11.9 Å². The van der Waals surface area contributed by atoms with Crippen molar-refractivity contribution in [2.24, 2.45) is 0 Å². The summed E-state index contributed by atoms with van der Waals surface area (Å²) in [7, 11) is 0. The van der Waals surface area contributed by atoms with Crippen molar-refractivity contribution in [3.63, 3.8) is 0 Å². The standard InChI is InChI=1S/C20H15Cl2NO4/c1-2-26-20(25)12-3-6-14(7-4-12)23-19(24)18-10-9-17(27-18)15-8-5-13(21)11-16(15)22/h3-11H,2H2,1H3,(H,23,24). The number of carbonyl (C=O) groups excluding carboxylic acids is 2. The highest BCUT2D eigenvalue weighted by Gasteiger charge is 2.15. The van der Waals surface area contributed by atoms with E-state index in [1.807, 2.05) is 0 Å². The highest BCUT2D eigenvalue weighted by molar-refractivity contribution is 6.36. The van der Waals surface area contributed by atoms with E-state index in [9.17, 15) is 9.59 Å². The second-order valence-corrected chi connectivity index (χ2v) is 6.38. The van der Waals surface area contributed by atoms with Gasteiger partial charge >= 0.3 is 5.97 Å². The molecule has 0 aliphatic carbocycles. The first kappa shape index (κ1) is 19.0. The van der Waals surface area contributed by atoms with Gasteiger partial charge in [-0.3, -0.25) is 4.79 Å². The summed E-state index contributed by atoms with van der Waals surface area (Å²) < 4.78 is 10.5. The Bertz CT molecular complexity index is 980. The van der Waals surface area contributed by atoms with Crippen molar-refractivity contribution < 1.29 is 18.7 Å². The molecule has 0 aliphatic rings. The molecule has 0 fully saturated rings. The van der Waals surface area contributed by atoms with Crippen molar-refractivity contribution in [3.05, 3.63) is 76.0 Å². The molecule has 7 heteroatoms. The molecule has 3 aromatic rings. The van der Waals surface area contributed by atoms with Crippen LogP contribution in [0.2, 0.25) is 10.0 Å². The van der Waals surface area contributed by atoms with E-state index in [-0.39, 0.29) is 5.76 Å². The van der Waals surface area contributed by atoms with Gasteiger partial charge in [-0.15, -0.1) is 0 Å². The van der Waals surface area contributed by atoms with Crippen molar-refractivity contribution in [2.45, 2.75) is 6.92 Å². The highest BCUT2D eigenvalue weighted by Crippen LogP contribution is 2.31. The smallest absolute Gasteiger partial charge is 0.338 e. The number of nitrogens with one attached hydrogen (secondary N) is 1. The van der Waals surface area contributed by atoms with E-state index in [1.54, 1.807) is 61.5 Å². The molecule has 0 atom stereocenters. The quantitative estimate of drug-likeness (QED) is 0.556. The summed E-state index contributed by atoms with van der Waals surface area (Å²) in [4.78, 5) is 24.0. The molecular weight excluding hydrogens is 389 g/mol. The van der Waals surface area contributed by atoms with E-state index in [0.717, 1.165) is 0 Å². The van der Waals surface area contributed by atoms with Gasteiger partial charge < -0.3 is 14.5 Å². The van der Waals surface area contributed by atoms with Crippen LogP contribution in [0, 0.1) is 0 Å². The normalized spacial score (nSPS) is 10.5. The Kier molecular flexibility index (Phi) is 5.84. The molecule has 1 aromatic heterocycles. The van der Waals surface area contributed by atoms with Gasteiger partial charge in [-0.25, -0.2) is 4.79 Å². The van der Waals surface area contributed by atoms with E-state index in [1.165, 1.54) is 0 Å². The Labute approximate surface area is 165 Å². The number of anilines is 1. The zero-order valence-electron chi connectivity index (χ0n) is 14.3. The van der Waals surface area contributed by atoms with E-state index in [2.05, 4.69) is 5.32 Å². The van der Waals surface area contributed by atoms with Gasteiger partial charge in [-0.05, 0) is 61.5 Å². The maximum atomic E-state index is 12.4. The number of furan rings is 1. The Balaban J connectivity index is 1.72. The Hall–Kier alpha value is -2.76. The fourth-order valence-electron chi connectivity index (χ4n) is 2.39. The first-order chi connectivity index (χ1) is 13.0. The van der Waals surface area contributed by atoms with Gasteiger partial charge in [0.25, 0.3) is 5.91 Å². The molecule has 27 heavy (non-hydrogen) atoms. The van der Waals surface area contributed by atoms with Gasteiger partial charge in [-0.2, -0.15) is 0 Å². The summed E-state index contributed by atoms with van der Waals surface area (Å²) in [6.07, 6.45) is 0. The number of ether oxygens (including phenoxy) is 1. The third-order valence-corrected chi connectivity index (χ3v) is 4.23. The van der Waals surface area contributed by atoms with Crippen molar-refractivity contribution in [1.29, 1.82) is 0 Å². The summed E-state index contributed by atoms with van der Waals surface area (Å²) in [5.41, 5.74) is 1.57. The maximum Gasteiger partial charge on any atom is 0.338 e. The summed E-state index contributed by atoms with van der Waals surface area (Å²) in [6.45, 7) is 2.04. The average Bonchev–Trinajstić information content (AvgIpc) is 3.12. The number of halogens is 2. The predicted octanol–water partition coefficient (Wildman–Crippen LogP) is 5.68. The first-order valence-electron chi connectivity index (χ1n) is 8.11. The summed E-state index contributed by atoms with van der Waals surface area (Å²) in [6, 6.07) is 14.6. The fourth-order valence-corrected chi connectivity index (χ4v) is 2.89. The lowest BCUT2D eigenvalue weighted by molar-refractivity contribution is 0.0526. The molecule has 2 aromatic carbocycles. The zero-order chi connectivity index (χ0) is 19.4. The molecule has 5 nitrogen and oxygen atoms in total. The van der Waals surface area contributed by atoms with Crippen LogP contribution in [0.25, 0.3) is 11.3 Å². The molecule has 138 valence electrons. The Morgan fingerprint density at radius 2 is 1.78 bits per heavy atom. The van der Waals surface area contributed by atoms with E-state index in [4.69, 9.17) is 32.4 Å². The molecule has 0 saturated carbocycles. The van der Waals surface area contributed by atoms with Crippen molar-refractivity contribution in [1.82, 2.24) is 0 Å². The minimum atomic E-state index is -0.421. The number of amides is 1. The molecule has 1 N–H and O–H groups in total. The number of hydrogen-bond acceptors (Lipinski definition) is 4. The van der Waals surface area contributed by atoms with Crippen LogP contribution in [-0.4, -0.2) is 18.5 Å². The molecule has 0 spiro atoms. The van der Waals surface area contributed by atoms with Crippen LogP contribution in [0.1, 0.15) is 27.8 Å². The molecule has 3 rings (SSSR count). The SMILES string of the molecule is CCOC(=O)c1ccc(NC(=O)c2ccc(-c3ccc(Cl)cc3Cl)o2)cc1. The summed E-state index contributed by atoms with van der Waals surface area (Å²) in [5.74, 6) is -0.244. The van der Waals surface area contributed by atoms with Crippen LogP contribution >= 0.6 is 23.2 Å². The average molecular weight is 404 g/mol. The molecule has 0 bridgehead atoms. The van der Waals surface area contributed by atoms with Gasteiger partial charge in [0.2, 0.25) is 0 Å². The highest BCUT2D eigenvalue weighted by atomic mass is 35.5. The predicted molar refractivity (Wildman–Crippen MR) is 105 cm³/mol. The lowest BCUT2D eigenvalue weighted by Gasteiger charge is -2.05. The van der Waals surface area contributed by atoms with Gasteiger partial charge in [0.1, 0.15) is 5.76 Å². The fraction of sp³-hybridized carbons (Fsp3) is 0.100. The Morgan fingerprint density at radius 1 is 1.04 bits per heavy atom.